The summed E-state index contributed by atoms with van der Waals surface area (Å²) in [4.78, 5) is 5.08. The molecule has 1 N–H and O–H groups in total. The molecule has 0 radical (unpaired) electrons. The summed E-state index contributed by atoms with van der Waals surface area (Å²) in [5.41, 5.74) is 0. The van der Waals surface area contributed by atoms with Crippen LogP contribution in [0.5, 0.6) is 0 Å². The van der Waals surface area contributed by atoms with Crippen LogP contribution in [0.1, 0.15) is 0 Å². The van der Waals surface area contributed by atoms with E-state index in [0.29, 0.717) is 14.5 Å². The Balaban J connectivity index is 0.000000250. The van der Waals surface area contributed by atoms with Crippen molar-refractivity contribution in [3.8, 4) is 0 Å². The summed E-state index contributed by atoms with van der Waals surface area (Å²) in [6, 6.07) is 0. The Morgan fingerprint density at radius 3 is 2.50 bits per heavy atom. The molecule has 1 nitrogen and oxygen atoms in total. The monoisotopic (exact) mass is 213 g/mol. The summed E-state index contributed by atoms with van der Waals surface area (Å²) < 4.78 is 0. The number of rotatable bonds is 0. The van der Waals surface area contributed by atoms with Gasteiger partial charge in [-0.2, -0.15) is 0 Å². The fourth-order valence-corrected chi connectivity index (χ4v) is 1.02. The van der Waals surface area contributed by atoms with Crippen LogP contribution in [0.2, 0.25) is 0 Å². The van der Waals surface area contributed by atoms with Gasteiger partial charge in [-0.15, -0.1) is 0 Å². The summed E-state index contributed by atoms with van der Waals surface area (Å²) in [5.74, 6) is 0. The topological polar surface area (TPSA) is 14.1 Å². The van der Waals surface area contributed by atoms with Crippen LogP contribution in [-0.4, -0.2) is 14.5 Å². The van der Waals surface area contributed by atoms with E-state index in [1.54, 1.807) is 0 Å². The van der Waals surface area contributed by atoms with E-state index in [1.165, 1.54) is 0 Å². The molecule has 34 valence electrons. The number of hydrogen-bond donors (Lipinski definition) is 0. The van der Waals surface area contributed by atoms with Crippen LogP contribution in [-0.2, 0) is 0 Å². The van der Waals surface area contributed by atoms with Gasteiger partial charge in [-0.05, 0) is 0 Å². The zero-order valence-corrected chi connectivity index (χ0v) is 6.32. The zero-order chi connectivity index (χ0) is 3.54. The predicted octanol–water partition coefficient (Wildman–Crippen LogP) is -3.44. The van der Waals surface area contributed by atoms with Crippen molar-refractivity contribution in [2.75, 3.05) is 0 Å². The van der Waals surface area contributed by atoms with Gasteiger partial charge < -0.3 is 17.0 Å². The summed E-state index contributed by atoms with van der Waals surface area (Å²) in [7, 11) is 0. The minimum absolute atomic E-state index is 0. The van der Waals surface area contributed by atoms with Gasteiger partial charge in [0.15, 0.2) is 0 Å². The molecule has 0 saturated heterocycles. The second-order valence-corrected chi connectivity index (χ2v) is 2.36. The number of hydrogen-bond acceptors (Lipinski definition) is 0. The van der Waals surface area contributed by atoms with Crippen LogP contribution in [0, 0.1) is 0 Å². The quantitative estimate of drug-likeness (QED) is 0.398. The van der Waals surface area contributed by atoms with Crippen molar-refractivity contribution in [1.29, 1.82) is 0 Å². The third-order valence-corrected chi connectivity index (χ3v) is 1.57. The van der Waals surface area contributed by atoms with E-state index in [9.17, 15) is 0 Å². The van der Waals surface area contributed by atoms with Crippen molar-refractivity contribution < 1.29 is 22.0 Å². The molecule has 1 aromatic heterocycles. The standard InChI is InChI=1S/C3H3NSe.BrH/c1-2-5-3-4-1;/h1-3H;1H. The molecular formula is C3H4BrNSe. The van der Waals surface area contributed by atoms with Gasteiger partial charge in [-0.1, -0.05) is 0 Å². The summed E-state index contributed by atoms with van der Waals surface area (Å²) >= 11 is 0.653. The van der Waals surface area contributed by atoms with Gasteiger partial charge in [0, 0.05) is 0 Å². The molecule has 1 rings (SSSR count). The maximum absolute atomic E-state index is 2.94. The summed E-state index contributed by atoms with van der Waals surface area (Å²) in [5, 5.41) is 2.06. The second kappa shape index (κ2) is 3.59. The fraction of sp³-hybridized carbons (Fsp3) is 0. The molecular weight excluding hydrogens is 209 g/mol. The van der Waals surface area contributed by atoms with Crippen LogP contribution < -0.4 is 22.0 Å². The number of aromatic amines is 1. The van der Waals surface area contributed by atoms with Gasteiger partial charge in [0.1, 0.15) is 0 Å². The Labute approximate surface area is 52.9 Å². The summed E-state index contributed by atoms with van der Waals surface area (Å²) in [6.07, 6.45) is 1.96. The van der Waals surface area contributed by atoms with Crippen LogP contribution in [0.3, 0.4) is 0 Å². The van der Waals surface area contributed by atoms with Gasteiger partial charge in [0.05, 0.1) is 0 Å². The van der Waals surface area contributed by atoms with Crippen LogP contribution in [0.4, 0.5) is 0 Å². The molecule has 3 heteroatoms. The minimum atomic E-state index is 0. The normalized spacial score (nSPS) is 6.67. The van der Waals surface area contributed by atoms with E-state index in [2.05, 4.69) is 15.0 Å². The van der Waals surface area contributed by atoms with Crippen molar-refractivity contribution in [1.82, 2.24) is 0 Å². The van der Waals surface area contributed by atoms with E-state index < -0.39 is 0 Å². The Kier molecular flexibility index (Phi) is 3.84. The summed E-state index contributed by atoms with van der Waals surface area (Å²) in [6.45, 7) is 0. The van der Waals surface area contributed by atoms with E-state index in [4.69, 9.17) is 0 Å². The molecule has 0 aliphatic heterocycles. The molecule has 1 heterocycles. The van der Waals surface area contributed by atoms with Crippen molar-refractivity contribution in [2.45, 2.75) is 0 Å². The van der Waals surface area contributed by atoms with Gasteiger partial charge in [0.25, 0.3) is 0 Å². The molecule has 1 aromatic rings. The zero-order valence-electron chi connectivity index (χ0n) is 3.02. The average molecular weight is 213 g/mol. The molecule has 0 unspecified atom stereocenters. The number of nitrogens with one attached hydrogen (secondary N) is 1. The molecule has 0 saturated carbocycles. The predicted molar refractivity (Wildman–Crippen MR) is 19.9 cm³/mol. The Morgan fingerprint density at radius 2 is 2.33 bits per heavy atom. The van der Waals surface area contributed by atoms with E-state index in [-0.39, 0.29) is 17.0 Å². The first kappa shape index (κ1) is 6.41. The van der Waals surface area contributed by atoms with Crippen LogP contribution >= 0.6 is 0 Å². The van der Waals surface area contributed by atoms with Crippen molar-refractivity contribution in [3.63, 3.8) is 0 Å². The molecule has 0 bridgehead atoms. The third kappa shape index (κ3) is 1.75. The number of H-pyrrole nitrogens is 1. The van der Waals surface area contributed by atoms with Gasteiger partial charge >= 0.3 is 35.7 Å². The molecule has 0 aromatic carbocycles. The van der Waals surface area contributed by atoms with E-state index in [1.807, 2.05) is 6.20 Å². The first-order chi connectivity index (χ1) is 2.50. The Morgan fingerprint density at radius 1 is 1.50 bits per heavy atom. The second-order valence-electron chi connectivity index (χ2n) is 0.723. The molecule has 0 aliphatic carbocycles. The first-order valence-corrected chi connectivity index (χ1v) is 3.36. The maximum atomic E-state index is 2.94. The molecule has 6 heavy (non-hydrogen) atoms. The molecule has 0 spiro atoms. The van der Waals surface area contributed by atoms with Crippen molar-refractivity contribution in [2.24, 2.45) is 0 Å². The average Bonchev–Trinajstić information content (AvgIpc) is 1.76. The first-order valence-electron chi connectivity index (χ1n) is 1.38. The van der Waals surface area contributed by atoms with Crippen molar-refractivity contribution >= 4 is 14.5 Å². The van der Waals surface area contributed by atoms with Gasteiger partial charge in [0.2, 0.25) is 0 Å². The molecule has 0 fully saturated rings. The van der Waals surface area contributed by atoms with Crippen LogP contribution in [0.25, 0.3) is 0 Å². The number of halogens is 1. The Bertz CT molecular complexity index is 67.3. The molecule has 0 amide bonds. The Hall–Kier alpha value is 0.409. The molecule has 0 aliphatic rings. The SMILES string of the molecule is [Br-].c1c[se]c[nH+]1. The van der Waals surface area contributed by atoms with Crippen molar-refractivity contribution in [3.05, 3.63) is 16.2 Å². The van der Waals surface area contributed by atoms with E-state index in [0.717, 1.165) is 0 Å². The fourth-order valence-electron chi connectivity index (χ4n) is 0.196. The van der Waals surface area contributed by atoms with Gasteiger partial charge in [-0.3, -0.25) is 0 Å². The van der Waals surface area contributed by atoms with Crippen LogP contribution in [0.15, 0.2) is 16.2 Å². The van der Waals surface area contributed by atoms with E-state index >= 15 is 0 Å². The molecule has 0 atom stereocenters. The van der Waals surface area contributed by atoms with Gasteiger partial charge in [-0.25, -0.2) is 0 Å². The number of aromatic nitrogens is 1. The third-order valence-electron chi connectivity index (χ3n) is 0.379.